The topological polar surface area (TPSA) is 49.4 Å². The van der Waals surface area contributed by atoms with Crippen molar-refractivity contribution in [1.29, 1.82) is 0 Å². The summed E-state index contributed by atoms with van der Waals surface area (Å²) in [5.74, 6) is -0.352. The molecule has 4 nitrogen and oxygen atoms in total. The minimum Gasteiger partial charge on any atom is -0.373 e. The highest BCUT2D eigenvalue weighted by atomic mass is 16.2. The minimum atomic E-state index is -0.505. The Morgan fingerprint density at radius 1 is 1.05 bits per heavy atom. The van der Waals surface area contributed by atoms with Crippen LogP contribution in [0.3, 0.4) is 0 Å². The predicted molar refractivity (Wildman–Crippen MR) is 86.9 cm³/mol. The predicted octanol–water partition coefficient (Wildman–Crippen LogP) is 3.05. The van der Waals surface area contributed by atoms with E-state index < -0.39 is 6.04 Å². The summed E-state index contributed by atoms with van der Waals surface area (Å²) in [5, 5.41) is 3.14. The van der Waals surface area contributed by atoms with Crippen LogP contribution in [0.5, 0.6) is 0 Å². The molecule has 0 spiro atoms. The summed E-state index contributed by atoms with van der Waals surface area (Å²) >= 11 is 0. The molecule has 1 saturated heterocycles. The second kappa shape index (κ2) is 5.64. The van der Waals surface area contributed by atoms with Gasteiger partial charge in [0.2, 0.25) is 5.91 Å². The van der Waals surface area contributed by atoms with E-state index >= 15 is 0 Å². The fourth-order valence-corrected chi connectivity index (χ4v) is 2.69. The number of nitrogens with one attached hydrogen (secondary N) is 1. The first-order chi connectivity index (χ1) is 10.6. The summed E-state index contributed by atoms with van der Waals surface area (Å²) in [5.41, 5.74) is 3.48. The Bertz CT molecular complexity index is 725. The molecule has 1 aliphatic heterocycles. The van der Waals surface area contributed by atoms with E-state index in [1.165, 1.54) is 4.90 Å². The van der Waals surface area contributed by atoms with Gasteiger partial charge in [0, 0.05) is 5.69 Å². The number of hydrogen-bond acceptors (Lipinski definition) is 3. The number of anilines is 2. The van der Waals surface area contributed by atoms with Crippen LogP contribution >= 0.6 is 0 Å². The van der Waals surface area contributed by atoms with Gasteiger partial charge in [-0.05, 0) is 43.2 Å². The van der Waals surface area contributed by atoms with Crippen LogP contribution in [0.1, 0.15) is 17.5 Å². The third kappa shape index (κ3) is 2.60. The van der Waals surface area contributed by atoms with Gasteiger partial charge < -0.3 is 5.32 Å². The summed E-state index contributed by atoms with van der Waals surface area (Å²) in [7, 11) is 0. The minimum absolute atomic E-state index is 0.160. The summed E-state index contributed by atoms with van der Waals surface area (Å²) in [4.78, 5) is 26.2. The van der Waals surface area contributed by atoms with E-state index in [4.69, 9.17) is 0 Å². The summed E-state index contributed by atoms with van der Waals surface area (Å²) in [6.07, 6.45) is 0.182. The molecule has 1 atom stereocenters. The van der Waals surface area contributed by atoms with Gasteiger partial charge in [0.1, 0.15) is 6.04 Å². The molecule has 0 unspecified atom stereocenters. The largest absolute Gasteiger partial charge is 0.373 e. The monoisotopic (exact) mass is 294 g/mol. The van der Waals surface area contributed by atoms with Crippen molar-refractivity contribution in [2.75, 3.05) is 10.2 Å². The van der Waals surface area contributed by atoms with Crippen molar-refractivity contribution in [3.05, 3.63) is 59.7 Å². The smallest absolute Gasteiger partial charge is 0.256 e. The number of hydrogen-bond donors (Lipinski definition) is 1. The molecule has 1 aliphatic rings. The molecule has 0 saturated carbocycles. The highest BCUT2D eigenvalue weighted by Gasteiger charge is 2.40. The number of benzene rings is 2. The van der Waals surface area contributed by atoms with E-state index in [1.807, 2.05) is 62.4 Å². The SMILES string of the molecule is Cc1ccc(C)c(N2C(=O)C[C@H](Nc3ccccc3)C2=O)c1. The number of rotatable bonds is 3. The van der Waals surface area contributed by atoms with Gasteiger partial charge in [0.25, 0.3) is 5.91 Å². The molecule has 2 aromatic carbocycles. The molecule has 2 aromatic rings. The van der Waals surface area contributed by atoms with Crippen molar-refractivity contribution in [2.45, 2.75) is 26.3 Å². The number of para-hydroxylation sites is 1. The number of imide groups is 1. The molecule has 0 aromatic heterocycles. The lowest BCUT2D eigenvalue weighted by molar-refractivity contribution is -0.121. The van der Waals surface area contributed by atoms with Gasteiger partial charge in [0.15, 0.2) is 0 Å². The van der Waals surface area contributed by atoms with Gasteiger partial charge >= 0.3 is 0 Å². The zero-order valence-corrected chi connectivity index (χ0v) is 12.7. The molecule has 0 aliphatic carbocycles. The normalized spacial score (nSPS) is 17.9. The average Bonchev–Trinajstić information content (AvgIpc) is 2.77. The Labute approximate surface area is 129 Å². The first kappa shape index (κ1) is 14.3. The van der Waals surface area contributed by atoms with Crippen molar-refractivity contribution >= 4 is 23.2 Å². The van der Waals surface area contributed by atoms with Crippen molar-refractivity contribution in [2.24, 2.45) is 0 Å². The van der Waals surface area contributed by atoms with E-state index in [-0.39, 0.29) is 18.2 Å². The third-order valence-corrected chi connectivity index (χ3v) is 3.87. The number of amides is 2. The molecular weight excluding hydrogens is 276 g/mol. The average molecular weight is 294 g/mol. The van der Waals surface area contributed by atoms with Crippen molar-refractivity contribution in [1.82, 2.24) is 0 Å². The van der Waals surface area contributed by atoms with Crippen LogP contribution in [-0.2, 0) is 9.59 Å². The second-order valence-electron chi connectivity index (χ2n) is 5.62. The highest BCUT2D eigenvalue weighted by Crippen LogP contribution is 2.28. The Balaban J connectivity index is 1.87. The molecule has 1 fully saturated rings. The molecule has 1 heterocycles. The van der Waals surface area contributed by atoms with Crippen molar-refractivity contribution < 1.29 is 9.59 Å². The van der Waals surface area contributed by atoms with Crippen LogP contribution in [0.2, 0.25) is 0 Å². The highest BCUT2D eigenvalue weighted by molar-refractivity contribution is 6.23. The molecule has 112 valence electrons. The summed E-state index contributed by atoms with van der Waals surface area (Å²) in [6, 6.07) is 14.8. The maximum atomic E-state index is 12.6. The van der Waals surface area contributed by atoms with Crippen LogP contribution in [0.25, 0.3) is 0 Å². The van der Waals surface area contributed by atoms with E-state index in [0.717, 1.165) is 16.8 Å². The summed E-state index contributed by atoms with van der Waals surface area (Å²) < 4.78 is 0. The van der Waals surface area contributed by atoms with E-state index in [2.05, 4.69) is 5.32 Å². The fourth-order valence-electron chi connectivity index (χ4n) is 2.69. The standard InChI is InChI=1S/C18H18N2O2/c1-12-8-9-13(2)16(10-12)20-17(21)11-15(18(20)22)19-14-6-4-3-5-7-14/h3-10,15,19H,11H2,1-2H3/t15-/m0/s1. The van der Waals surface area contributed by atoms with Crippen molar-refractivity contribution in [3.8, 4) is 0 Å². The zero-order valence-electron chi connectivity index (χ0n) is 12.7. The lowest BCUT2D eigenvalue weighted by Crippen LogP contribution is -2.35. The molecule has 4 heteroatoms. The van der Waals surface area contributed by atoms with Crippen LogP contribution in [0.4, 0.5) is 11.4 Å². The lowest BCUT2D eigenvalue weighted by atomic mass is 10.1. The van der Waals surface area contributed by atoms with Gasteiger partial charge in [-0.2, -0.15) is 0 Å². The Hall–Kier alpha value is -2.62. The molecule has 2 amide bonds. The summed E-state index contributed by atoms with van der Waals surface area (Å²) in [6.45, 7) is 3.86. The number of nitrogens with zero attached hydrogens (tertiary/aromatic N) is 1. The van der Waals surface area contributed by atoms with E-state index in [1.54, 1.807) is 0 Å². The van der Waals surface area contributed by atoms with Gasteiger partial charge in [0.05, 0.1) is 12.1 Å². The number of carbonyl (C=O) groups excluding carboxylic acids is 2. The Kier molecular flexibility index (Phi) is 3.67. The molecule has 22 heavy (non-hydrogen) atoms. The molecule has 0 radical (unpaired) electrons. The van der Waals surface area contributed by atoms with Gasteiger partial charge in [-0.15, -0.1) is 0 Å². The molecule has 3 rings (SSSR count). The Morgan fingerprint density at radius 3 is 2.50 bits per heavy atom. The molecule has 0 bridgehead atoms. The van der Waals surface area contributed by atoms with Gasteiger partial charge in [-0.25, -0.2) is 4.90 Å². The third-order valence-electron chi connectivity index (χ3n) is 3.87. The van der Waals surface area contributed by atoms with Gasteiger partial charge in [-0.3, -0.25) is 9.59 Å². The molecular formula is C18H18N2O2. The van der Waals surface area contributed by atoms with Crippen LogP contribution < -0.4 is 10.2 Å². The van der Waals surface area contributed by atoms with Crippen LogP contribution in [-0.4, -0.2) is 17.9 Å². The lowest BCUT2D eigenvalue weighted by Gasteiger charge is -2.18. The first-order valence-electron chi connectivity index (χ1n) is 7.32. The Morgan fingerprint density at radius 2 is 1.77 bits per heavy atom. The maximum Gasteiger partial charge on any atom is 0.256 e. The van der Waals surface area contributed by atoms with Crippen LogP contribution in [0.15, 0.2) is 48.5 Å². The fraction of sp³-hybridized carbons (Fsp3) is 0.222. The first-order valence-corrected chi connectivity index (χ1v) is 7.32. The van der Waals surface area contributed by atoms with E-state index in [0.29, 0.717) is 5.69 Å². The van der Waals surface area contributed by atoms with E-state index in [9.17, 15) is 9.59 Å². The molecule has 1 N–H and O–H groups in total. The maximum absolute atomic E-state index is 12.6. The second-order valence-corrected chi connectivity index (χ2v) is 5.62. The number of aryl methyl sites for hydroxylation is 2. The quantitative estimate of drug-likeness (QED) is 0.885. The van der Waals surface area contributed by atoms with Gasteiger partial charge in [-0.1, -0.05) is 30.3 Å². The zero-order chi connectivity index (χ0) is 15.7. The van der Waals surface area contributed by atoms with Crippen LogP contribution in [0, 0.1) is 13.8 Å². The number of carbonyl (C=O) groups is 2. The van der Waals surface area contributed by atoms with Crippen molar-refractivity contribution in [3.63, 3.8) is 0 Å².